The van der Waals surface area contributed by atoms with E-state index in [0.717, 1.165) is 16.0 Å². The van der Waals surface area contributed by atoms with Gasteiger partial charge in [0.25, 0.3) is 5.91 Å². The lowest BCUT2D eigenvalue weighted by molar-refractivity contribution is -0.907. The lowest BCUT2D eigenvalue weighted by Crippen LogP contribution is -3.12. The van der Waals surface area contributed by atoms with E-state index in [4.69, 9.17) is 0 Å². The standard InChI is InChI=1S/C15H17BrN2OS/c1-11(15(19)17-12-6-4-3-5-7-12)18(2)10-13-8-9-14(16)20-13/h3-9,11H,10H2,1-2H3,(H,17,19)/p+1/t11-/m1/s1. The Hall–Kier alpha value is -1.17. The summed E-state index contributed by atoms with van der Waals surface area (Å²) in [5.41, 5.74) is 0.844. The predicted octanol–water partition coefficient (Wildman–Crippen LogP) is 2.55. The van der Waals surface area contributed by atoms with Crippen LogP contribution in [-0.2, 0) is 11.3 Å². The molecule has 0 aliphatic rings. The molecule has 0 aliphatic carbocycles. The Balaban J connectivity index is 1.92. The molecule has 2 N–H and O–H groups in total. The highest BCUT2D eigenvalue weighted by molar-refractivity contribution is 9.11. The van der Waals surface area contributed by atoms with Gasteiger partial charge in [0.05, 0.1) is 15.7 Å². The van der Waals surface area contributed by atoms with Gasteiger partial charge in [0.15, 0.2) is 6.04 Å². The zero-order valence-electron chi connectivity index (χ0n) is 11.5. The third-order valence-electron chi connectivity index (χ3n) is 3.26. The number of amides is 1. The van der Waals surface area contributed by atoms with Gasteiger partial charge in [-0.15, -0.1) is 11.3 Å². The van der Waals surface area contributed by atoms with Gasteiger partial charge in [-0.05, 0) is 47.1 Å². The topological polar surface area (TPSA) is 33.5 Å². The maximum Gasteiger partial charge on any atom is 0.282 e. The van der Waals surface area contributed by atoms with Gasteiger partial charge in [-0.25, -0.2) is 0 Å². The number of rotatable bonds is 5. The van der Waals surface area contributed by atoms with Crippen LogP contribution in [0, 0.1) is 0 Å². The molecular formula is C15H18BrN2OS+. The number of benzene rings is 1. The van der Waals surface area contributed by atoms with E-state index in [2.05, 4.69) is 27.3 Å². The van der Waals surface area contributed by atoms with Crippen LogP contribution in [0.2, 0.25) is 0 Å². The molecular weight excluding hydrogens is 336 g/mol. The van der Waals surface area contributed by atoms with Gasteiger partial charge in [-0.1, -0.05) is 18.2 Å². The molecule has 2 rings (SSSR count). The van der Waals surface area contributed by atoms with Crippen LogP contribution in [0.25, 0.3) is 0 Å². The second kappa shape index (κ2) is 7.02. The van der Waals surface area contributed by atoms with E-state index in [9.17, 15) is 4.79 Å². The zero-order chi connectivity index (χ0) is 14.5. The second-order valence-corrected chi connectivity index (χ2v) is 7.35. The number of carbonyl (C=O) groups is 1. The highest BCUT2D eigenvalue weighted by Gasteiger charge is 2.22. The first-order chi connectivity index (χ1) is 9.56. The summed E-state index contributed by atoms with van der Waals surface area (Å²) in [7, 11) is 2.04. The molecule has 0 aliphatic heterocycles. The van der Waals surface area contributed by atoms with Crippen molar-refractivity contribution in [3.63, 3.8) is 0 Å². The summed E-state index contributed by atoms with van der Waals surface area (Å²) in [5.74, 6) is 0.0457. The van der Waals surface area contributed by atoms with Crippen LogP contribution in [0.15, 0.2) is 46.3 Å². The zero-order valence-corrected chi connectivity index (χ0v) is 13.9. The molecule has 106 valence electrons. The van der Waals surface area contributed by atoms with Crippen molar-refractivity contribution < 1.29 is 9.69 Å². The Bertz CT molecular complexity index is 570. The number of likely N-dealkylation sites (N-methyl/N-ethyl adjacent to an activating group) is 1. The van der Waals surface area contributed by atoms with E-state index in [1.165, 1.54) is 9.78 Å². The van der Waals surface area contributed by atoms with Crippen LogP contribution in [0.4, 0.5) is 5.69 Å². The number of hydrogen-bond donors (Lipinski definition) is 2. The van der Waals surface area contributed by atoms with Crippen LogP contribution in [0.5, 0.6) is 0 Å². The van der Waals surface area contributed by atoms with Gasteiger partial charge < -0.3 is 10.2 Å². The summed E-state index contributed by atoms with van der Waals surface area (Å²) in [6.07, 6.45) is 0. The first-order valence-electron chi connectivity index (χ1n) is 6.48. The van der Waals surface area contributed by atoms with Gasteiger partial charge in [-0.2, -0.15) is 0 Å². The molecule has 2 atom stereocenters. The Kier molecular flexibility index (Phi) is 5.34. The Morgan fingerprint density at radius 2 is 2.00 bits per heavy atom. The van der Waals surface area contributed by atoms with Gasteiger partial charge in [0, 0.05) is 5.69 Å². The molecule has 0 fully saturated rings. The Morgan fingerprint density at radius 1 is 1.30 bits per heavy atom. The van der Waals surface area contributed by atoms with E-state index in [0.29, 0.717) is 0 Å². The third-order valence-corrected chi connectivity index (χ3v) is 4.88. The van der Waals surface area contributed by atoms with Gasteiger partial charge in [0.1, 0.15) is 6.54 Å². The molecule has 0 saturated carbocycles. The number of thiophene rings is 1. The van der Waals surface area contributed by atoms with Crippen LogP contribution < -0.4 is 10.2 Å². The average Bonchev–Trinajstić information content (AvgIpc) is 2.84. The van der Waals surface area contributed by atoms with Crippen molar-refractivity contribution in [1.82, 2.24) is 0 Å². The average molecular weight is 354 g/mol. The van der Waals surface area contributed by atoms with Crippen LogP contribution in [-0.4, -0.2) is 19.0 Å². The van der Waals surface area contributed by atoms with Crippen molar-refractivity contribution in [3.05, 3.63) is 51.1 Å². The molecule has 2 aromatic rings. The molecule has 3 nitrogen and oxygen atoms in total. The number of nitrogens with one attached hydrogen (secondary N) is 2. The van der Waals surface area contributed by atoms with Crippen LogP contribution >= 0.6 is 27.3 Å². The molecule has 1 heterocycles. The molecule has 0 saturated heterocycles. The first-order valence-corrected chi connectivity index (χ1v) is 8.09. The second-order valence-electron chi connectivity index (χ2n) is 4.81. The van der Waals surface area contributed by atoms with Gasteiger partial charge >= 0.3 is 0 Å². The maximum absolute atomic E-state index is 12.2. The minimum atomic E-state index is -0.101. The molecule has 0 bridgehead atoms. The highest BCUT2D eigenvalue weighted by Crippen LogP contribution is 2.21. The minimum Gasteiger partial charge on any atom is -0.323 e. The molecule has 1 amide bonds. The molecule has 1 unspecified atom stereocenters. The fourth-order valence-electron chi connectivity index (χ4n) is 1.87. The van der Waals surface area contributed by atoms with E-state index in [1.54, 1.807) is 11.3 Å². The summed E-state index contributed by atoms with van der Waals surface area (Å²) in [4.78, 5) is 14.7. The van der Waals surface area contributed by atoms with Crippen molar-refractivity contribution in [1.29, 1.82) is 0 Å². The minimum absolute atomic E-state index is 0.0457. The quantitative estimate of drug-likeness (QED) is 0.850. The predicted molar refractivity (Wildman–Crippen MR) is 87.1 cm³/mol. The molecule has 20 heavy (non-hydrogen) atoms. The molecule has 0 spiro atoms. The van der Waals surface area contributed by atoms with Gasteiger partial charge in [-0.3, -0.25) is 4.79 Å². The first kappa shape index (κ1) is 15.2. The smallest absolute Gasteiger partial charge is 0.282 e. The largest absolute Gasteiger partial charge is 0.323 e. The summed E-state index contributed by atoms with van der Waals surface area (Å²) in [6.45, 7) is 2.80. The summed E-state index contributed by atoms with van der Waals surface area (Å²) in [6, 6.07) is 13.6. The molecule has 1 aromatic carbocycles. The fourth-order valence-corrected chi connectivity index (χ4v) is 3.45. The van der Waals surface area contributed by atoms with Gasteiger partial charge in [0.2, 0.25) is 0 Å². The summed E-state index contributed by atoms with van der Waals surface area (Å²) >= 11 is 5.18. The number of anilines is 1. The van der Waals surface area contributed by atoms with Crippen molar-refractivity contribution in [3.8, 4) is 0 Å². The normalized spacial score (nSPS) is 13.8. The number of hydrogen-bond acceptors (Lipinski definition) is 2. The van der Waals surface area contributed by atoms with Crippen molar-refractivity contribution in [2.45, 2.75) is 19.5 Å². The molecule has 5 heteroatoms. The Labute approximate surface area is 131 Å². The van der Waals surface area contributed by atoms with Crippen molar-refractivity contribution in [2.75, 3.05) is 12.4 Å². The van der Waals surface area contributed by atoms with E-state index in [-0.39, 0.29) is 11.9 Å². The highest BCUT2D eigenvalue weighted by atomic mass is 79.9. The van der Waals surface area contributed by atoms with Crippen LogP contribution in [0.1, 0.15) is 11.8 Å². The fraction of sp³-hybridized carbons (Fsp3) is 0.267. The summed E-state index contributed by atoms with van der Waals surface area (Å²) < 4.78 is 1.13. The Morgan fingerprint density at radius 3 is 2.60 bits per heavy atom. The van der Waals surface area contributed by atoms with E-state index in [1.807, 2.05) is 50.4 Å². The van der Waals surface area contributed by atoms with E-state index < -0.39 is 0 Å². The third kappa shape index (κ3) is 4.16. The molecule has 0 radical (unpaired) electrons. The maximum atomic E-state index is 12.2. The summed E-state index contributed by atoms with van der Waals surface area (Å²) in [5, 5.41) is 2.95. The lowest BCUT2D eigenvalue weighted by atomic mass is 10.2. The van der Waals surface area contributed by atoms with E-state index >= 15 is 0 Å². The lowest BCUT2D eigenvalue weighted by Gasteiger charge is -2.20. The van der Waals surface area contributed by atoms with Crippen LogP contribution in [0.3, 0.4) is 0 Å². The number of carbonyl (C=O) groups excluding carboxylic acids is 1. The number of quaternary nitrogens is 1. The van der Waals surface area contributed by atoms with Crippen molar-refractivity contribution >= 4 is 38.9 Å². The monoisotopic (exact) mass is 353 g/mol. The number of halogens is 1. The number of para-hydroxylation sites is 1. The SMILES string of the molecule is C[C@H](C(=O)Nc1ccccc1)[NH+](C)Cc1ccc(Br)s1. The van der Waals surface area contributed by atoms with Crippen molar-refractivity contribution in [2.24, 2.45) is 0 Å². The molecule has 1 aromatic heterocycles.